The van der Waals surface area contributed by atoms with Gasteiger partial charge in [0.2, 0.25) is 0 Å². The number of thiocarbonyl (C=S) groups is 1. The Morgan fingerprint density at radius 2 is 1.44 bits per heavy atom. The van der Waals surface area contributed by atoms with Crippen molar-refractivity contribution < 1.29 is 46.0 Å². The fraction of sp³-hybridized carbons (Fsp3) is 0.500. The van der Waals surface area contributed by atoms with Gasteiger partial charge in [-0.1, -0.05) is 4.32 Å². The van der Waals surface area contributed by atoms with Crippen molar-refractivity contribution in [1.29, 1.82) is 0 Å². The Balaban J connectivity index is -0.0000000133. The maximum Gasteiger partial charge on any atom is 1.00 e. The Morgan fingerprint density at radius 3 is 1.44 bits per heavy atom. The zero-order valence-electron chi connectivity index (χ0n) is 5.32. The van der Waals surface area contributed by atoms with Gasteiger partial charge in [-0.2, -0.15) is 0 Å². The van der Waals surface area contributed by atoms with E-state index >= 15 is 0 Å². The monoisotopic (exact) mass is 183 g/mol. The van der Waals surface area contributed by atoms with Crippen LogP contribution in [0.4, 0.5) is 0 Å². The summed E-state index contributed by atoms with van der Waals surface area (Å²) >= 11 is 8.80. The summed E-state index contributed by atoms with van der Waals surface area (Å²) in [7, 11) is 1.70. The second-order valence-electron chi connectivity index (χ2n) is 0.537. The summed E-state index contributed by atoms with van der Waals surface area (Å²) in [6.45, 7) is 0. The zero-order chi connectivity index (χ0) is 4.28. The zero-order valence-corrected chi connectivity index (χ0v) is 8.95. The minimum Gasteiger partial charge on any atom is -0.412 e. The first-order chi connectivity index (χ1) is 2.27. The van der Waals surface area contributed by atoms with Crippen LogP contribution < -0.4 is 34.9 Å². The van der Waals surface area contributed by atoms with Gasteiger partial charge in [0, 0.05) is 7.05 Å². The molecule has 54 valence electrons. The number of nitrogens with one attached hydrogen (secondary N) is 1. The van der Waals surface area contributed by atoms with Crippen molar-refractivity contribution in [3.63, 3.8) is 0 Å². The maximum absolute atomic E-state index is 4.40. The summed E-state index contributed by atoms with van der Waals surface area (Å²) in [5, 5.41) is 2.57. The molecule has 0 bridgehead atoms. The number of rotatable bonds is 0. The minimum absolute atomic E-state index is 0. The van der Waals surface area contributed by atoms with Crippen LogP contribution in [0.1, 0.15) is 0 Å². The second-order valence-corrected chi connectivity index (χ2v) is 1.61. The van der Waals surface area contributed by atoms with Crippen LogP contribution in [0.5, 0.6) is 0 Å². The topological polar surface area (TPSA) is 107 Å². The smallest absolute Gasteiger partial charge is 0.412 e. The van der Waals surface area contributed by atoms with Crippen LogP contribution in [-0.2, 0) is 12.6 Å². The van der Waals surface area contributed by atoms with Crippen LogP contribution in [0.3, 0.4) is 0 Å². The Hall–Kier alpha value is 0.990. The van der Waals surface area contributed by atoms with Crippen LogP contribution >= 0.6 is 12.2 Å². The molecule has 0 unspecified atom stereocenters. The molecule has 0 aliphatic heterocycles. The van der Waals surface area contributed by atoms with Crippen molar-refractivity contribution in [1.82, 2.24) is 5.32 Å². The summed E-state index contributed by atoms with van der Waals surface area (Å²) in [6.07, 6.45) is 0. The van der Waals surface area contributed by atoms with Gasteiger partial charge in [-0.05, 0) is 0 Å². The van der Waals surface area contributed by atoms with Crippen molar-refractivity contribution in [2.24, 2.45) is 0 Å². The molecule has 0 aromatic rings. The number of hydrogen-bond acceptors (Lipinski definition) is 2. The van der Waals surface area contributed by atoms with E-state index in [0.29, 0.717) is 4.32 Å². The molecule has 0 atom stereocenters. The molecule has 0 fully saturated rings. The summed E-state index contributed by atoms with van der Waals surface area (Å²) in [6, 6.07) is 0. The quantitative estimate of drug-likeness (QED) is 0.230. The van der Waals surface area contributed by atoms with Gasteiger partial charge in [-0.25, -0.2) is 0 Å². The first-order valence-electron chi connectivity index (χ1n) is 1.16. The van der Waals surface area contributed by atoms with E-state index in [4.69, 9.17) is 0 Å². The first-order valence-corrected chi connectivity index (χ1v) is 1.97. The third-order valence-corrected chi connectivity index (χ3v) is 0.612. The molecule has 9 heavy (non-hydrogen) atoms. The second kappa shape index (κ2) is 23.0. The fourth-order valence-corrected chi connectivity index (χ4v) is 0. The Labute approximate surface area is 87.0 Å². The van der Waals surface area contributed by atoms with Crippen molar-refractivity contribution in [2.75, 3.05) is 7.05 Å². The van der Waals surface area contributed by atoms with Crippen LogP contribution in [0, 0.1) is 0 Å². The summed E-state index contributed by atoms with van der Waals surface area (Å²) in [5.41, 5.74) is 0. The minimum atomic E-state index is 0. The number of hydrogen-bond donors (Lipinski definition) is 1. The normalized spacial score (nSPS) is 3.67. The molecule has 0 rings (SSSR count). The van der Waals surface area contributed by atoms with Crippen molar-refractivity contribution in [3.05, 3.63) is 0 Å². The van der Waals surface area contributed by atoms with Gasteiger partial charge >= 0.3 is 29.6 Å². The molecule has 0 heterocycles. The van der Waals surface area contributed by atoms with Crippen LogP contribution in [0.15, 0.2) is 0 Å². The third-order valence-electron chi connectivity index (χ3n) is 0.204. The molecule has 0 aromatic heterocycles. The average molecular weight is 183 g/mol. The molecular formula is C2H10NNaO3S2. The first kappa shape index (κ1) is 32.4. The van der Waals surface area contributed by atoms with E-state index in [1.165, 1.54) is 0 Å². The van der Waals surface area contributed by atoms with Crippen molar-refractivity contribution >= 4 is 29.2 Å². The molecule has 7 heteroatoms. The standard InChI is InChI=1S/C2H5NS2.Na.3H2O/c1-3-2(4)5;;;;/h1H3,(H2,3,4,5);;3*1H2/q;+1;;;/p-1. The van der Waals surface area contributed by atoms with Gasteiger partial charge in [-0.3, -0.25) is 0 Å². The van der Waals surface area contributed by atoms with Gasteiger partial charge in [-0.15, -0.1) is 0 Å². The molecule has 7 N–H and O–H groups in total. The molecule has 0 aliphatic rings. The SMILES string of the molecule is CNC(=S)[S-].O.O.O.[Na+]. The maximum atomic E-state index is 4.40. The Kier molecular flexibility index (Phi) is 83.0. The van der Waals surface area contributed by atoms with Crippen molar-refractivity contribution in [2.45, 2.75) is 0 Å². The summed E-state index contributed by atoms with van der Waals surface area (Å²) < 4.78 is 0.421. The van der Waals surface area contributed by atoms with Crippen molar-refractivity contribution in [3.8, 4) is 0 Å². The largest absolute Gasteiger partial charge is 1.00 e. The summed E-state index contributed by atoms with van der Waals surface area (Å²) in [5.74, 6) is 0. The molecule has 0 saturated heterocycles. The van der Waals surface area contributed by atoms with Crippen LogP contribution in [0.25, 0.3) is 0 Å². The molecule has 0 saturated carbocycles. The van der Waals surface area contributed by atoms with E-state index in [0.717, 1.165) is 0 Å². The molecular weight excluding hydrogens is 173 g/mol. The predicted molar refractivity (Wildman–Crippen MR) is 39.9 cm³/mol. The van der Waals surface area contributed by atoms with E-state index in [9.17, 15) is 0 Å². The molecule has 0 amide bonds. The van der Waals surface area contributed by atoms with Gasteiger partial charge < -0.3 is 46.6 Å². The summed E-state index contributed by atoms with van der Waals surface area (Å²) in [4.78, 5) is 0. The van der Waals surface area contributed by atoms with Crippen LogP contribution in [0.2, 0.25) is 0 Å². The predicted octanol–water partition coefficient (Wildman–Crippen LogP) is -5.43. The van der Waals surface area contributed by atoms with Gasteiger partial charge in [0.05, 0.1) is 0 Å². The Bertz CT molecular complexity index is 55.1. The average Bonchev–Trinajstić information content (AvgIpc) is 1.38. The van der Waals surface area contributed by atoms with E-state index in [1.54, 1.807) is 7.05 Å². The van der Waals surface area contributed by atoms with Crippen LogP contribution in [-0.4, -0.2) is 27.8 Å². The molecule has 0 spiro atoms. The van der Waals surface area contributed by atoms with E-state index in [2.05, 4.69) is 30.2 Å². The molecule has 0 aromatic carbocycles. The van der Waals surface area contributed by atoms with E-state index < -0.39 is 0 Å². The Morgan fingerprint density at radius 1 is 1.33 bits per heavy atom. The van der Waals surface area contributed by atoms with Gasteiger partial charge in [0.25, 0.3) is 0 Å². The fourth-order valence-electron chi connectivity index (χ4n) is 0. The van der Waals surface area contributed by atoms with E-state index in [1.807, 2.05) is 0 Å². The van der Waals surface area contributed by atoms with Gasteiger partial charge in [0.15, 0.2) is 0 Å². The van der Waals surface area contributed by atoms with E-state index in [-0.39, 0.29) is 46.0 Å². The molecule has 0 radical (unpaired) electrons. The molecule has 4 nitrogen and oxygen atoms in total. The van der Waals surface area contributed by atoms with Gasteiger partial charge in [0.1, 0.15) is 0 Å². The third kappa shape index (κ3) is 49.1. The molecule has 0 aliphatic carbocycles.